The van der Waals surface area contributed by atoms with Crippen LogP contribution in [-0.2, 0) is 11.2 Å². The first-order chi connectivity index (χ1) is 11.0. The van der Waals surface area contributed by atoms with Crippen LogP contribution in [0.3, 0.4) is 0 Å². The van der Waals surface area contributed by atoms with Crippen molar-refractivity contribution < 1.29 is 14.2 Å². The molecule has 0 spiro atoms. The summed E-state index contributed by atoms with van der Waals surface area (Å²) in [5.74, 6) is 0.0110. The monoisotopic (exact) mass is 336 g/mol. The number of nitro groups is 1. The number of nitrogens with zero attached hydrogens (tertiary/aromatic N) is 3. The van der Waals surface area contributed by atoms with Crippen LogP contribution in [0.2, 0.25) is 5.02 Å². The van der Waals surface area contributed by atoms with Crippen LogP contribution in [0.1, 0.15) is 12.3 Å². The Morgan fingerprint density at radius 2 is 2.17 bits per heavy atom. The van der Waals surface area contributed by atoms with Crippen molar-refractivity contribution in [2.75, 3.05) is 6.54 Å². The van der Waals surface area contributed by atoms with Crippen molar-refractivity contribution in [2.24, 2.45) is 5.92 Å². The highest BCUT2D eigenvalue weighted by molar-refractivity contribution is 6.30. The molecule has 8 nitrogen and oxygen atoms in total. The van der Waals surface area contributed by atoms with E-state index in [4.69, 9.17) is 16.1 Å². The predicted molar refractivity (Wildman–Crippen MR) is 80.3 cm³/mol. The van der Waals surface area contributed by atoms with Gasteiger partial charge in [0.2, 0.25) is 23.7 Å². The first-order valence-corrected chi connectivity index (χ1v) is 7.42. The second-order valence-corrected chi connectivity index (χ2v) is 5.69. The SMILES string of the molecule is O=C(NCCc1nc(-c2ccc(Cl)cc2)no1)[C@@H]1C[C@H]1[N+](=O)[O-]. The maximum absolute atomic E-state index is 11.7. The van der Waals surface area contributed by atoms with Crippen molar-refractivity contribution >= 4 is 17.5 Å². The molecule has 1 amide bonds. The molecule has 0 unspecified atom stereocenters. The fourth-order valence-electron chi connectivity index (χ4n) is 2.19. The van der Waals surface area contributed by atoms with E-state index in [9.17, 15) is 14.9 Å². The summed E-state index contributed by atoms with van der Waals surface area (Å²) in [5, 5.41) is 17.6. The summed E-state index contributed by atoms with van der Waals surface area (Å²) in [5.41, 5.74) is 0.778. The van der Waals surface area contributed by atoms with Crippen LogP contribution in [0.4, 0.5) is 0 Å². The molecule has 2 atom stereocenters. The summed E-state index contributed by atoms with van der Waals surface area (Å²) in [6, 6.07) is 6.28. The van der Waals surface area contributed by atoms with Crippen molar-refractivity contribution in [1.82, 2.24) is 15.5 Å². The number of benzene rings is 1. The number of amides is 1. The van der Waals surface area contributed by atoms with E-state index < -0.39 is 16.9 Å². The molecule has 1 aliphatic carbocycles. The number of carbonyl (C=O) groups is 1. The maximum atomic E-state index is 11.7. The Labute approximate surface area is 136 Å². The predicted octanol–water partition coefficient (Wildman–Crippen LogP) is 1.71. The normalized spacial score (nSPS) is 19.3. The third-order valence-electron chi connectivity index (χ3n) is 3.57. The molecule has 2 aromatic rings. The van der Waals surface area contributed by atoms with Crippen molar-refractivity contribution in [1.29, 1.82) is 0 Å². The minimum Gasteiger partial charge on any atom is -0.355 e. The van der Waals surface area contributed by atoms with Gasteiger partial charge in [-0.05, 0) is 24.3 Å². The standard InChI is InChI=1S/C14H13ClN4O4/c15-9-3-1-8(2-4-9)13-17-12(23-18-13)5-6-16-14(20)10-7-11(10)19(21)22/h1-4,10-11H,5-7H2,(H,16,20)/t10-,11-/m1/s1. The lowest BCUT2D eigenvalue weighted by Gasteiger charge is -2.00. The van der Waals surface area contributed by atoms with Gasteiger partial charge in [0.05, 0.1) is 0 Å². The van der Waals surface area contributed by atoms with E-state index in [-0.39, 0.29) is 5.91 Å². The lowest BCUT2D eigenvalue weighted by Crippen LogP contribution is -2.29. The fraction of sp³-hybridized carbons (Fsp3) is 0.357. The van der Waals surface area contributed by atoms with Gasteiger partial charge in [-0.1, -0.05) is 16.8 Å². The molecule has 1 heterocycles. The molecule has 9 heteroatoms. The Morgan fingerprint density at radius 3 is 2.83 bits per heavy atom. The van der Waals surface area contributed by atoms with Gasteiger partial charge >= 0.3 is 0 Å². The molecule has 0 radical (unpaired) electrons. The van der Waals surface area contributed by atoms with Gasteiger partial charge in [-0.15, -0.1) is 0 Å². The first kappa shape index (κ1) is 15.4. The molecule has 0 bridgehead atoms. The van der Waals surface area contributed by atoms with E-state index in [1.54, 1.807) is 24.3 Å². The summed E-state index contributed by atoms with van der Waals surface area (Å²) < 4.78 is 5.11. The lowest BCUT2D eigenvalue weighted by atomic mass is 10.2. The van der Waals surface area contributed by atoms with E-state index in [0.29, 0.717) is 36.1 Å². The topological polar surface area (TPSA) is 111 Å². The van der Waals surface area contributed by atoms with E-state index in [0.717, 1.165) is 5.56 Å². The van der Waals surface area contributed by atoms with Gasteiger partial charge in [0.15, 0.2) is 0 Å². The first-order valence-electron chi connectivity index (χ1n) is 7.04. The summed E-state index contributed by atoms with van der Waals surface area (Å²) in [7, 11) is 0. The van der Waals surface area contributed by atoms with Gasteiger partial charge in [-0.3, -0.25) is 14.9 Å². The Morgan fingerprint density at radius 1 is 1.43 bits per heavy atom. The molecule has 1 aliphatic rings. The number of halogens is 1. The molecule has 23 heavy (non-hydrogen) atoms. The zero-order valence-electron chi connectivity index (χ0n) is 11.9. The Balaban J connectivity index is 1.49. The molecule has 1 aromatic heterocycles. The fourth-order valence-corrected chi connectivity index (χ4v) is 2.32. The number of nitrogens with one attached hydrogen (secondary N) is 1. The van der Waals surface area contributed by atoms with Crippen molar-refractivity contribution in [3.05, 3.63) is 45.3 Å². The van der Waals surface area contributed by atoms with Crippen LogP contribution in [-0.4, -0.2) is 33.6 Å². The zero-order valence-corrected chi connectivity index (χ0v) is 12.7. The van der Waals surface area contributed by atoms with E-state index in [1.165, 1.54) is 0 Å². The van der Waals surface area contributed by atoms with Crippen LogP contribution in [0.15, 0.2) is 28.8 Å². The summed E-state index contributed by atoms with van der Waals surface area (Å²) in [6.07, 6.45) is 0.669. The van der Waals surface area contributed by atoms with Crippen molar-refractivity contribution in [3.63, 3.8) is 0 Å². The second-order valence-electron chi connectivity index (χ2n) is 5.25. The van der Waals surface area contributed by atoms with Crippen LogP contribution in [0, 0.1) is 16.0 Å². The molecule has 1 fully saturated rings. The highest BCUT2D eigenvalue weighted by atomic mass is 35.5. The maximum Gasteiger partial charge on any atom is 0.230 e. The summed E-state index contributed by atoms with van der Waals surface area (Å²) in [6.45, 7) is 0.294. The van der Waals surface area contributed by atoms with Gasteiger partial charge in [0, 0.05) is 34.9 Å². The number of carbonyl (C=O) groups excluding carboxylic acids is 1. The van der Waals surface area contributed by atoms with E-state index in [2.05, 4.69) is 15.5 Å². The third-order valence-corrected chi connectivity index (χ3v) is 3.82. The van der Waals surface area contributed by atoms with Crippen LogP contribution in [0.5, 0.6) is 0 Å². The molecule has 1 aromatic carbocycles. The van der Waals surface area contributed by atoms with E-state index >= 15 is 0 Å². The Bertz CT molecular complexity index is 731. The Hall–Kier alpha value is -2.48. The Kier molecular flexibility index (Phi) is 4.24. The zero-order chi connectivity index (χ0) is 16.4. The molecule has 1 saturated carbocycles. The number of hydrogen-bond acceptors (Lipinski definition) is 6. The van der Waals surface area contributed by atoms with Gasteiger partial charge in [-0.2, -0.15) is 4.98 Å². The second kappa shape index (κ2) is 6.33. The third kappa shape index (κ3) is 3.65. The smallest absolute Gasteiger partial charge is 0.230 e. The van der Waals surface area contributed by atoms with Crippen molar-refractivity contribution in [3.8, 4) is 11.4 Å². The van der Waals surface area contributed by atoms with Crippen LogP contribution >= 0.6 is 11.6 Å². The molecular weight excluding hydrogens is 324 g/mol. The average Bonchev–Trinajstić information content (AvgIpc) is 3.21. The minimum absolute atomic E-state index is 0.294. The van der Waals surface area contributed by atoms with Crippen molar-refractivity contribution in [2.45, 2.75) is 18.9 Å². The van der Waals surface area contributed by atoms with Gasteiger partial charge in [0.1, 0.15) is 5.92 Å². The van der Waals surface area contributed by atoms with Gasteiger partial charge < -0.3 is 9.84 Å². The van der Waals surface area contributed by atoms with Crippen LogP contribution in [0.25, 0.3) is 11.4 Å². The number of rotatable bonds is 6. The largest absolute Gasteiger partial charge is 0.355 e. The quantitative estimate of drug-likeness (QED) is 0.635. The highest BCUT2D eigenvalue weighted by Gasteiger charge is 2.53. The lowest BCUT2D eigenvalue weighted by molar-refractivity contribution is -0.497. The van der Waals surface area contributed by atoms with Gasteiger partial charge in [-0.25, -0.2) is 0 Å². The molecule has 3 rings (SSSR count). The molecule has 1 N–H and O–H groups in total. The van der Waals surface area contributed by atoms with Gasteiger partial charge in [0.25, 0.3) is 0 Å². The summed E-state index contributed by atoms with van der Waals surface area (Å²) in [4.78, 5) is 26.0. The number of aromatic nitrogens is 2. The molecule has 0 aliphatic heterocycles. The summed E-state index contributed by atoms with van der Waals surface area (Å²) >= 11 is 5.82. The average molecular weight is 337 g/mol. The van der Waals surface area contributed by atoms with Crippen LogP contribution < -0.4 is 5.32 Å². The number of hydrogen-bond donors (Lipinski definition) is 1. The highest BCUT2D eigenvalue weighted by Crippen LogP contribution is 2.32. The van der Waals surface area contributed by atoms with E-state index in [1.807, 2.05) is 0 Å². The molecule has 120 valence electrons. The molecule has 0 saturated heterocycles. The molecular formula is C14H13ClN4O4. The minimum atomic E-state index is -0.741.